The van der Waals surface area contributed by atoms with E-state index in [4.69, 9.17) is 28.9 Å². The number of hydrogen-bond donors (Lipinski definition) is 3. The molecule has 1 aliphatic carbocycles. The summed E-state index contributed by atoms with van der Waals surface area (Å²) in [4.78, 5) is 34.4. The first-order valence-corrected chi connectivity index (χ1v) is 16.3. The number of benzene rings is 1. The number of fused-ring (bicyclic) bond motifs is 4. The lowest BCUT2D eigenvalue weighted by atomic mass is 9.62. The van der Waals surface area contributed by atoms with E-state index in [0.717, 1.165) is 62.5 Å². The normalized spacial score (nSPS) is 30.4. The molecule has 3 heterocycles. The van der Waals surface area contributed by atoms with E-state index >= 15 is 0 Å². The highest BCUT2D eigenvalue weighted by atomic mass is 16.8. The Morgan fingerprint density at radius 2 is 1.84 bits per heavy atom. The second-order valence-corrected chi connectivity index (χ2v) is 12.3. The van der Waals surface area contributed by atoms with Crippen molar-refractivity contribution in [1.29, 1.82) is 0 Å². The van der Waals surface area contributed by atoms with Gasteiger partial charge >= 0.3 is 5.97 Å². The Labute approximate surface area is 259 Å². The Morgan fingerprint density at radius 3 is 2.55 bits per heavy atom. The van der Waals surface area contributed by atoms with Gasteiger partial charge in [-0.25, -0.2) is 0 Å². The topological polar surface area (TPSA) is 136 Å². The van der Waals surface area contributed by atoms with Gasteiger partial charge in [-0.15, -0.1) is 0 Å². The second kappa shape index (κ2) is 14.7. The fourth-order valence-electron chi connectivity index (χ4n) is 7.25. The van der Waals surface area contributed by atoms with E-state index in [1.54, 1.807) is 11.1 Å². The highest BCUT2D eigenvalue weighted by molar-refractivity contribution is 5.93. The van der Waals surface area contributed by atoms with Gasteiger partial charge in [-0.3, -0.25) is 14.4 Å². The number of aliphatic hydroxyl groups excluding tert-OH is 2. The molecule has 5 rings (SSSR count). The fraction of sp³-hybridized carbons (Fsp3) is 0.697. The minimum Gasteiger partial charge on any atom is -0.499 e. The highest BCUT2D eigenvalue weighted by Crippen LogP contribution is 2.58. The van der Waals surface area contributed by atoms with Crippen molar-refractivity contribution in [3.8, 4) is 0 Å². The quantitative estimate of drug-likeness (QED) is 0.136. The van der Waals surface area contributed by atoms with Crippen LogP contribution in [0.15, 0.2) is 30.5 Å². The molecule has 1 aromatic carbocycles. The fourth-order valence-corrected chi connectivity index (χ4v) is 7.25. The molecule has 11 nitrogen and oxygen atoms in total. The molecule has 244 valence electrons. The average Bonchev–Trinajstić information content (AvgIpc) is 3.57. The first-order valence-electron chi connectivity index (χ1n) is 16.3. The Bertz CT molecular complexity index is 1150. The maximum absolute atomic E-state index is 14.0. The summed E-state index contributed by atoms with van der Waals surface area (Å²) in [5.41, 5.74) is 0.468. The Hall–Kier alpha value is -2.54. The molecule has 4 aliphatic rings. The number of hydrogen-bond acceptors (Lipinski definition) is 10. The summed E-state index contributed by atoms with van der Waals surface area (Å²) in [6.07, 6.45) is 8.61. The lowest BCUT2D eigenvalue weighted by molar-refractivity contribution is -0.224. The van der Waals surface area contributed by atoms with Gasteiger partial charge in [0.2, 0.25) is 5.91 Å². The number of nitrogens with one attached hydrogen (secondary N) is 1. The van der Waals surface area contributed by atoms with E-state index in [1.807, 2.05) is 24.3 Å². The monoisotopic (exact) mass is 616 g/mol. The van der Waals surface area contributed by atoms with Crippen LogP contribution in [0.3, 0.4) is 0 Å². The van der Waals surface area contributed by atoms with Crippen LogP contribution < -0.4 is 5.32 Å². The van der Waals surface area contributed by atoms with Gasteiger partial charge in [0.25, 0.3) is 0 Å². The molecule has 0 spiro atoms. The maximum Gasteiger partial charge on any atom is 0.327 e. The van der Waals surface area contributed by atoms with Gasteiger partial charge in [0.1, 0.15) is 36.4 Å². The van der Waals surface area contributed by atoms with Crippen molar-refractivity contribution in [2.75, 3.05) is 26.4 Å². The first kappa shape index (κ1) is 32.8. The van der Waals surface area contributed by atoms with Crippen molar-refractivity contribution < 1.29 is 43.6 Å². The molecule has 11 heteroatoms. The van der Waals surface area contributed by atoms with Crippen LogP contribution in [0.5, 0.6) is 0 Å². The summed E-state index contributed by atoms with van der Waals surface area (Å²) in [6.45, 7) is 4.53. The van der Waals surface area contributed by atoms with Crippen LogP contribution in [0.25, 0.3) is 6.08 Å². The number of unbranched alkanes of at least 4 members (excludes halogenated alkanes) is 4. The van der Waals surface area contributed by atoms with Gasteiger partial charge in [0, 0.05) is 25.8 Å². The lowest BCUT2D eigenvalue weighted by Crippen LogP contribution is -2.69. The van der Waals surface area contributed by atoms with Crippen LogP contribution in [0.4, 0.5) is 0 Å². The van der Waals surface area contributed by atoms with Gasteiger partial charge in [-0.05, 0) is 30.0 Å². The summed E-state index contributed by atoms with van der Waals surface area (Å²) in [5, 5.41) is 22.9. The van der Waals surface area contributed by atoms with Crippen molar-refractivity contribution in [2.24, 2.45) is 5.41 Å². The minimum atomic E-state index is -1.27. The third kappa shape index (κ3) is 6.54. The summed E-state index contributed by atoms with van der Waals surface area (Å²) in [7, 11) is 0. The molecule has 0 radical (unpaired) electrons. The number of aliphatic hydroxyl groups is 2. The predicted octanol–water partition coefficient (Wildman–Crippen LogP) is 3.22. The number of rotatable bonds is 17. The summed E-state index contributed by atoms with van der Waals surface area (Å²) in [5.74, 6) is -1.69. The zero-order valence-corrected chi connectivity index (χ0v) is 25.9. The van der Waals surface area contributed by atoms with Crippen molar-refractivity contribution in [1.82, 2.24) is 10.4 Å². The lowest BCUT2D eigenvalue weighted by Gasteiger charge is -2.48. The van der Waals surface area contributed by atoms with Crippen LogP contribution in [0, 0.1) is 5.41 Å². The smallest absolute Gasteiger partial charge is 0.327 e. The number of nitrogens with zero attached hydrogens (tertiary/aromatic N) is 1. The predicted molar refractivity (Wildman–Crippen MR) is 161 cm³/mol. The Kier molecular flexibility index (Phi) is 11.0. The standard InChI is InChI=1S/C33H48N2O9/c1-3-5-7-13-32(14-8-6-4-2)42-26-25-21-33(31(39)34-15-16-36)28(30(38)41-25)35(44-29(33)27(26)43-32)22-24-11-9-10-23(20-24)12-18-40-19-17-37/h9-12,18,20,25-29,36-37H,3-8,13-17,19,21-22H2,1-2H3,(H,34,39)/t25?,26-,27-,28-,29+,33?/m0/s1. The van der Waals surface area contributed by atoms with Gasteiger partial charge in [0.15, 0.2) is 11.8 Å². The van der Waals surface area contributed by atoms with Crippen LogP contribution in [0.1, 0.15) is 82.8 Å². The molecular formula is C33H48N2O9. The van der Waals surface area contributed by atoms with Crippen molar-refractivity contribution in [2.45, 2.75) is 114 Å². The molecule has 2 unspecified atom stereocenters. The Balaban J connectivity index is 1.45. The van der Waals surface area contributed by atoms with Crippen molar-refractivity contribution in [3.63, 3.8) is 0 Å². The van der Waals surface area contributed by atoms with E-state index < -0.39 is 47.6 Å². The molecule has 1 saturated carbocycles. The molecule has 2 bridgehead atoms. The maximum atomic E-state index is 14.0. The molecular weight excluding hydrogens is 568 g/mol. The third-order valence-electron chi connectivity index (χ3n) is 9.25. The van der Waals surface area contributed by atoms with E-state index in [1.165, 1.54) is 6.26 Å². The van der Waals surface area contributed by atoms with Crippen LogP contribution in [0.2, 0.25) is 0 Å². The molecule has 0 aromatic heterocycles. The molecule has 44 heavy (non-hydrogen) atoms. The molecule has 6 atom stereocenters. The largest absolute Gasteiger partial charge is 0.499 e. The first-order chi connectivity index (χ1) is 21.4. The SMILES string of the molecule is CCCCCC1(CCCCC)O[C@@H]2[C@H]3ON(Cc4cccc(C=COCCO)c4)[C@H]4C(=O)OC(CC34C(=O)NCCO)[C@@H]2O1. The number of esters is 1. The van der Waals surface area contributed by atoms with E-state index in [0.29, 0.717) is 0 Å². The third-order valence-corrected chi connectivity index (χ3v) is 9.25. The van der Waals surface area contributed by atoms with Gasteiger partial charge in [-0.1, -0.05) is 63.8 Å². The molecule has 1 aromatic rings. The zero-order chi connectivity index (χ0) is 31.2. The van der Waals surface area contributed by atoms with Crippen molar-refractivity contribution >= 4 is 18.0 Å². The summed E-state index contributed by atoms with van der Waals surface area (Å²) in [6, 6.07) is 6.70. The van der Waals surface area contributed by atoms with E-state index in [2.05, 4.69) is 19.2 Å². The molecule has 3 N–H and O–H groups in total. The van der Waals surface area contributed by atoms with Crippen LogP contribution in [-0.4, -0.2) is 89.8 Å². The number of amides is 1. The second-order valence-electron chi connectivity index (χ2n) is 12.3. The van der Waals surface area contributed by atoms with Gasteiger partial charge in [-0.2, -0.15) is 5.06 Å². The van der Waals surface area contributed by atoms with Gasteiger partial charge in [0.05, 0.1) is 26.0 Å². The number of carbonyl (C=O) groups excluding carboxylic acids is 2. The molecule has 3 aliphatic heterocycles. The molecule has 4 fully saturated rings. The zero-order valence-electron chi connectivity index (χ0n) is 25.9. The highest BCUT2D eigenvalue weighted by Gasteiger charge is 2.76. The number of hydroxylamine groups is 2. The van der Waals surface area contributed by atoms with Crippen LogP contribution in [-0.2, 0) is 39.9 Å². The summed E-state index contributed by atoms with van der Waals surface area (Å²) < 4.78 is 24.9. The molecule has 1 amide bonds. The van der Waals surface area contributed by atoms with Crippen LogP contribution >= 0.6 is 0 Å². The Morgan fingerprint density at radius 1 is 1.09 bits per heavy atom. The van der Waals surface area contributed by atoms with Gasteiger partial charge < -0.3 is 34.5 Å². The minimum absolute atomic E-state index is 0.0654. The molecule has 3 saturated heterocycles. The number of carbonyl (C=O) groups is 2. The average molecular weight is 617 g/mol. The summed E-state index contributed by atoms with van der Waals surface area (Å²) >= 11 is 0. The van der Waals surface area contributed by atoms with Crippen molar-refractivity contribution in [3.05, 3.63) is 41.7 Å². The van der Waals surface area contributed by atoms with E-state index in [9.17, 15) is 14.7 Å². The van der Waals surface area contributed by atoms with E-state index in [-0.39, 0.29) is 45.2 Å². The number of ether oxygens (including phenoxy) is 4.